The molecule has 0 aromatic rings. The Balaban J connectivity index is 1.87. The molecule has 8 heteroatoms. The van der Waals surface area contributed by atoms with E-state index < -0.39 is 23.5 Å². The first kappa shape index (κ1) is 22.0. The van der Waals surface area contributed by atoms with Gasteiger partial charge in [-0.25, -0.2) is 0 Å². The highest BCUT2D eigenvalue weighted by atomic mass is 16.5. The van der Waals surface area contributed by atoms with Crippen LogP contribution in [0, 0.1) is 11.8 Å². The molecule has 8 nitrogen and oxygen atoms in total. The van der Waals surface area contributed by atoms with E-state index >= 15 is 0 Å². The number of aliphatic hydroxyl groups excluding tert-OH is 1. The molecule has 0 saturated carbocycles. The lowest BCUT2D eigenvalue weighted by Gasteiger charge is -2.34. The van der Waals surface area contributed by atoms with E-state index in [-0.39, 0.29) is 36.5 Å². The largest absolute Gasteiger partial charge is 0.396 e. The van der Waals surface area contributed by atoms with E-state index in [1.54, 1.807) is 11.9 Å². The number of fused-ring (bicyclic) bond motifs is 1. The van der Waals surface area contributed by atoms with Gasteiger partial charge in [0.15, 0.2) is 0 Å². The Labute approximate surface area is 172 Å². The van der Waals surface area contributed by atoms with E-state index in [0.29, 0.717) is 32.2 Å². The number of hydrogen-bond donors (Lipinski definition) is 3. The number of amides is 3. The van der Waals surface area contributed by atoms with Crippen LogP contribution < -0.4 is 10.6 Å². The normalized spacial score (nSPS) is 33.7. The van der Waals surface area contributed by atoms with Crippen molar-refractivity contribution in [1.82, 2.24) is 15.5 Å². The van der Waals surface area contributed by atoms with E-state index in [4.69, 9.17) is 9.84 Å². The van der Waals surface area contributed by atoms with Gasteiger partial charge in [0.05, 0.1) is 17.9 Å². The van der Waals surface area contributed by atoms with E-state index in [1.165, 1.54) is 0 Å². The molecule has 2 bridgehead atoms. The second kappa shape index (κ2) is 9.00. The molecular formula is C21H35N3O5. The number of aliphatic hydroxyl groups is 1. The molecule has 0 aromatic heterocycles. The number of nitrogens with one attached hydrogen (secondary N) is 2. The molecule has 29 heavy (non-hydrogen) atoms. The Morgan fingerprint density at radius 2 is 2.07 bits per heavy atom. The van der Waals surface area contributed by atoms with Crippen molar-refractivity contribution < 1.29 is 24.2 Å². The smallest absolute Gasteiger partial charge is 0.246 e. The SMILES string of the molecule is CCCC(C)NC(=O)C1N(CCCCCO)C(=O)[C@@H]2[C@@H](C(=O)NC)[C@H]3CCC12O3. The van der Waals surface area contributed by atoms with Gasteiger partial charge in [-0.2, -0.15) is 0 Å². The maximum absolute atomic E-state index is 13.4. The number of rotatable bonds is 10. The second-order valence-electron chi connectivity index (χ2n) is 8.68. The molecule has 0 radical (unpaired) electrons. The van der Waals surface area contributed by atoms with Gasteiger partial charge in [0, 0.05) is 26.2 Å². The third kappa shape index (κ3) is 3.77. The molecule has 6 atom stereocenters. The van der Waals surface area contributed by atoms with Gasteiger partial charge in [-0.1, -0.05) is 13.3 Å². The number of carbonyl (C=O) groups is 3. The number of hydrogen-bond acceptors (Lipinski definition) is 5. The fourth-order valence-corrected chi connectivity index (χ4v) is 5.56. The minimum atomic E-state index is -0.911. The molecular weight excluding hydrogens is 374 g/mol. The first-order valence-corrected chi connectivity index (χ1v) is 11.0. The highest BCUT2D eigenvalue weighted by Gasteiger charge is 2.74. The maximum Gasteiger partial charge on any atom is 0.246 e. The van der Waals surface area contributed by atoms with Crippen LogP contribution in [0.3, 0.4) is 0 Å². The molecule has 3 heterocycles. The summed E-state index contributed by atoms with van der Waals surface area (Å²) in [5, 5.41) is 14.8. The summed E-state index contributed by atoms with van der Waals surface area (Å²) in [6, 6.07) is -0.685. The first-order chi connectivity index (χ1) is 13.9. The van der Waals surface area contributed by atoms with E-state index in [9.17, 15) is 14.4 Å². The number of likely N-dealkylation sites (tertiary alicyclic amines) is 1. The number of unbranched alkanes of at least 4 members (excludes halogenated alkanes) is 2. The Kier molecular flexibility index (Phi) is 6.83. The maximum atomic E-state index is 13.4. The van der Waals surface area contributed by atoms with Gasteiger partial charge in [0.2, 0.25) is 17.7 Å². The van der Waals surface area contributed by atoms with Crippen molar-refractivity contribution in [3.8, 4) is 0 Å². The summed E-state index contributed by atoms with van der Waals surface area (Å²) in [4.78, 5) is 40.9. The number of nitrogens with zero attached hydrogens (tertiary/aromatic N) is 1. The molecule has 3 amide bonds. The van der Waals surface area contributed by atoms with E-state index in [1.807, 2.05) is 6.92 Å². The third-order valence-electron chi connectivity index (χ3n) is 6.77. The molecule has 3 aliphatic heterocycles. The van der Waals surface area contributed by atoms with E-state index in [2.05, 4.69) is 17.6 Å². The van der Waals surface area contributed by atoms with Crippen LogP contribution in [0.15, 0.2) is 0 Å². The topological polar surface area (TPSA) is 108 Å². The van der Waals surface area contributed by atoms with Crippen molar-refractivity contribution in [2.45, 2.75) is 82.6 Å². The molecule has 3 unspecified atom stereocenters. The third-order valence-corrected chi connectivity index (χ3v) is 6.77. The fourth-order valence-electron chi connectivity index (χ4n) is 5.56. The van der Waals surface area contributed by atoms with Crippen molar-refractivity contribution in [2.75, 3.05) is 20.2 Å². The lowest BCUT2D eigenvalue weighted by atomic mass is 9.70. The zero-order valence-electron chi connectivity index (χ0n) is 17.8. The highest BCUT2D eigenvalue weighted by Crippen LogP contribution is 2.58. The zero-order valence-corrected chi connectivity index (χ0v) is 17.8. The van der Waals surface area contributed by atoms with Gasteiger partial charge < -0.3 is 25.4 Å². The predicted octanol–water partition coefficient (Wildman–Crippen LogP) is 0.574. The lowest BCUT2D eigenvalue weighted by molar-refractivity contribution is -0.142. The van der Waals surface area contributed by atoms with Gasteiger partial charge in [-0.05, 0) is 45.4 Å². The van der Waals surface area contributed by atoms with Crippen LogP contribution in [0.4, 0.5) is 0 Å². The van der Waals surface area contributed by atoms with Crippen LogP contribution >= 0.6 is 0 Å². The van der Waals surface area contributed by atoms with Gasteiger partial charge in [0.25, 0.3) is 0 Å². The molecule has 0 aromatic carbocycles. The summed E-state index contributed by atoms with van der Waals surface area (Å²) in [7, 11) is 1.57. The Morgan fingerprint density at radius 1 is 1.31 bits per heavy atom. The quantitative estimate of drug-likeness (QED) is 0.457. The van der Waals surface area contributed by atoms with Crippen molar-refractivity contribution in [2.24, 2.45) is 11.8 Å². The molecule has 1 spiro atoms. The Morgan fingerprint density at radius 3 is 2.72 bits per heavy atom. The molecule has 164 valence electrons. The summed E-state index contributed by atoms with van der Waals surface area (Å²) in [6.07, 6.45) is 4.98. The van der Waals surface area contributed by atoms with Crippen LogP contribution in [-0.4, -0.2) is 71.7 Å². The van der Waals surface area contributed by atoms with Gasteiger partial charge >= 0.3 is 0 Å². The monoisotopic (exact) mass is 409 g/mol. The lowest BCUT2D eigenvalue weighted by Crippen LogP contribution is -2.56. The van der Waals surface area contributed by atoms with Crippen LogP contribution in [0.25, 0.3) is 0 Å². The molecule has 3 fully saturated rings. The zero-order chi connectivity index (χ0) is 21.2. The first-order valence-electron chi connectivity index (χ1n) is 11.0. The molecule has 3 saturated heterocycles. The van der Waals surface area contributed by atoms with Crippen molar-refractivity contribution in [1.29, 1.82) is 0 Å². The Bertz CT molecular complexity index is 642. The van der Waals surface area contributed by atoms with Crippen molar-refractivity contribution in [3.05, 3.63) is 0 Å². The number of carbonyl (C=O) groups excluding carboxylic acids is 3. The Hall–Kier alpha value is -1.67. The molecule has 3 rings (SSSR count). The van der Waals surface area contributed by atoms with Gasteiger partial charge in [0.1, 0.15) is 11.6 Å². The van der Waals surface area contributed by atoms with Gasteiger partial charge in [-0.3, -0.25) is 14.4 Å². The summed E-state index contributed by atoms with van der Waals surface area (Å²) in [5.74, 6) is -1.64. The minimum absolute atomic E-state index is 0.0163. The van der Waals surface area contributed by atoms with Crippen LogP contribution in [0.1, 0.15) is 58.8 Å². The fraction of sp³-hybridized carbons (Fsp3) is 0.857. The second-order valence-corrected chi connectivity index (χ2v) is 8.68. The molecule has 3 N–H and O–H groups in total. The van der Waals surface area contributed by atoms with Crippen LogP contribution in [0.5, 0.6) is 0 Å². The standard InChI is InChI=1S/C21H35N3O5/c1-4-8-13(2)23-19(27)17-21-10-9-14(29-21)15(18(26)22-3)16(21)20(28)24(17)11-6-5-7-12-25/h13-17,25H,4-12H2,1-3H3,(H,22,26)(H,23,27)/t13?,14-,15+,16+,17?,21?/m1/s1. The summed E-state index contributed by atoms with van der Waals surface area (Å²) in [5.41, 5.74) is -0.911. The van der Waals surface area contributed by atoms with Gasteiger partial charge in [-0.15, -0.1) is 0 Å². The minimum Gasteiger partial charge on any atom is -0.396 e. The summed E-state index contributed by atoms with van der Waals surface area (Å²) >= 11 is 0. The highest BCUT2D eigenvalue weighted by molar-refractivity contribution is 5.98. The summed E-state index contributed by atoms with van der Waals surface area (Å²) in [6.45, 7) is 4.59. The average molecular weight is 410 g/mol. The number of ether oxygens (including phenoxy) is 1. The van der Waals surface area contributed by atoms with Crippen LogP contribution in [-0.2, 0) is 19.1 Å². The average Bonchev–Trinajstić information content (AvgIpc) is 3.32. The van der Waals surface area contributed by atoms with Crippen molar-refractivity contribution in [3.63, 3.8) is 0 Å². The summed E-state index contributed by atoms with van der Waals surface area (Å²) < 4.78 is 6.30. The molecule has 3 aliphatic rings. The van der Waals surface area contributed by atoms with Crippen LogP contribution in [0.2, 0.25) is 0 Å². The van der Waals surface area contributed by atoms with E-state index in [0.717, 1.165) is 19.3 Å². The molecule has 0 aliphatic carbocycles. The van der Waals surface area contributed by atoms with Crippen molar-refractivity contribution >= 4 is 17.7 Å². The predicted molar refractivity (Wildman–Crippen MR) is 107 cm³/mol.